The van der Waals surface area contributed by atoms with E-state index in [1.54, 1.807) is 18.2 Å². The van der Waals surface area contributed by atoms with Gasteiger partial charge in [-0.25, -0.2) is 4.39 Å². The van der Waals surface area contributed by atoms with Gasteiger partial charge in [0.2, 0.25) is 5.91 Å². The minimum absolute atomic E-state index is 0.151. The monoisotopic (exact) mass is 238 g/mol. The first-order valence-electron chi connectivity index (χ1n) is 5.94. The first-order chi connectivity index (χ1) is 8.17. The summed E-state index contributed by atoms with van der Waals surface area (Å²) < 4.78 is 13.3. The lowest BCUT2D eigenvalue weighted by Gasteiger charge is -2.17. The van der Waals surface area contributed by atoms with E-state index in [1.807, 2.05) is 0 Å². The number of para-hydroxylation sites is 1. The molecular weight excluding hydrogens is 219 g/mol. The van der Waals surface area contributed by atoms with Gasteiger partial charge in [-0.3, -0.25) is 4.79 Å². The van der Waals surface area contributed by atoms with Gasteiger partial charge in [0.25, 0.3) is 0 Å². The Hall–Kier alpha value is -1.42. The maximum absolute atomic E-state index is 13.3. The van der Waals surface area contributed by atoms with Crippen LogP contribution in [0, 0.1) is 5.82 Å². The van der Waals surface area contributed by atoms with E-state index in [4.69, 9.17) is 0 Å². The van der Waals surface area contributed by atoms with Crippen molar-refractivity contribution in [3.63, 3.8) is 0 Å². The summed E-state index contributed by atoms with van der Waals surface area (Å²) in [6.45, 7) is 6.65. The van der Waals surface area contributed by atoms with Crippen LogP contribution in [-0.2, 0) is 4.79 Å². The average molecular weight is 238 g/mol. The van der Waals surface area contributed by atoms with E-state index >= 15 is 0 Å². The van der Waals surface area contributed by atoms with Gasteiger partial charge in [0, 0.05) is 13.0 Å². The molecule has 0 aliphatic heterocycles. The summed E-state index contributed by atoms with van der Waals surface area (Å²) in [6, 6.07) is 6.19. The van der Waals surface area contributed by atoms with Gasteiger partial charge in [0.15, 0.2) is 0 Å². The lowest BCUT2D eigenvalue weighted by molar-refractivity contribution is -0.116. The SMILES string of the molecule is CCN(CC)CCC(=O)Nc1ccccc1F. The largest absolute Gasteiger partial charge is 0.324 e. The number of halogens is 1. The molecule has 0 bridgehead atoms. The normalized spacial score (nSPS) is 10.6. The maximum Gasteiger partial charge on any atom is 0.225 e. The van der Waals surface area contributed by atoms with Crippen LogP contribution in [0.2, 0.25) is 0 Å². The second-order valence-electron chi connectivity index (χ2n) is 3.80. The maximum atomic E-state index is 13.3. The third-order valence-corrected chi connectivity index (χ3v) is 2.70. The number of hydrogen-bond acceptors (Lipinski definition) is 2. The molecule has 3 nitrogen and oxygen atoms in total. The molecule has 1 N–H and O–H groups in total. The average Bonchev–Trinajstić information content (AvgIpc) is 2.33. The Kier molecular flexibility index (Phi) is 5.63. The molecular formula is C13H19FN2O. The molecule has 17 heavy (non-hydrogen) atoms. The van der Waals surface area contributed by atoms with Crippen molar-refractivity contribution in [1.29, 1.82) is 0 Å². The number of hydrogen-bond donors (Lipinski definition) is 1. The molecule has 0 spiro atoms. The molecule has 0 aliphatic carbocycles. The van der Waals surface area contributed by atoms with E-state index in [1.165, 1.54) is 6.07 Å². The number of nitrogens with one attached hydrogen (secondary N) is 1. The highest BCUT2D eigenvalue weighted by atomic mass is 19.1. The lowest BCUT2D eigenvalue weighted by Crippen LogP contribution is -2.27. The van der Waals surface area contributed by atoms with Crippen molar-refractivity contribution in [2.24, 2.45) is 0 Å². The first-order valence-corrected chi connectivity index (χ1v) is 5.94. The zero-order valence-electron chi connectivity index (χ0n) is 10.4. The van der Waals surface area contributed by atoms with E-state index < -0.39 is 5.82 Å². The Labute approximate surface area is 102 Å². The summed E-state index contributed by atoms with van der Waals surface area (Å²) in [5.41, 5.74) is 0.247. The number of benzene rings is 1. The van der Waals surface area contributed by atoms with Gasteiger partial charge in [-0.15, -0.1) is 0 Å². The van der Waals surface area contributed by atoms with Crippen molar-refractivity contribution in [2.75, 3.05) is 25.0 Å². The molecule has 1 rings (SSSR count). The van der Waals surface area contributed by atoms with Crippen LogP contribution in [0.3, 0.4) is 0 Å². The first kappa shape index (κ1) is 13.6. The molecule has 1 amide bonds. The Bertz CT molecular complexity index is 364. The summed E-state index contributed by atoms with van der Waals surface area (Å²) in [4.78, 5) is 13.8. The molecule has 0 saturated heterocycles. The molecule has 0 aliphatic rings. The van der Waals surface area contributed by atoms with Crippen molar-refractivity contribution >= 4 is 11.6 Å². The fourth-order valence-electron chi connectivity index (χ4n) is 1.57. The van der Waals surface area contributed by atoms with Crippen molar-refractivity contribution in [1.82, 2.24) is 4.90 Å². The smallest absolute Gasteiger partial charge is 0.225 e. The fourth-order valence-corrected chi connectivity index (χ4v) is 1.57. The molecule has 1 aromatic carbocycles. The summed E-state index contributed by atoms with van der Waals surface area (Å²) >= 11 is 0. The van der Waals surface area contributed by atoms with E-state index in [9.17, 15) is 9.18 Å². The van der Waals surface area contributed by atoms with Gasteiger partial charge in [0.05, 0.1) is 5.69 Å². The summed E-state index contributed by atoms with van der Waals surface area (Å²) in [7, 11) is 0. The predicted octanol–water partition coefficient (Wildman–Crippen LogP) is 2.50. The molecule has 0 radical (unpaired) electrons. The van der Waals surface area contributed by atoms with Gasteiger partial charge >= 0.3 is 0 Å². The van der Waals surface area contributed by atoms with E-state index in [2.05, 4.69) is 24.1 Å². The molecule has 0 fully saturated rings. The predicted molar refractivity (Wildman–Crippen MR) is 67.4 cm³/mol. The lowest BCUT2D eigenvalue weighted by atomic mass is 10.3. The van der Waals surface area contributed by atoms with E-state index in [0.717, 1.165) is 13.1 Å². The second-order valence-corrected chi connectivity index (χ2v) is 3.80. The van der Waals surface area contributed by atoms with Crippen LogP contribution < -0.4 is 5.32 Å². The van der Waals surface area contributed by atoms with Crippen LogP contribution in [0.25, 0.3) is 0 Å². The molecule has 0 unspecified atom stereocenters. The summed E-state index contributed by atoms with van der Waals surface area (Å²) in [5.74, 6) is -0.550. The molecule has 4 heteroatoms. The number of rotatable bonds is 6. The highest BCUT2D eigenvalue weighted by molar-refractivity contribution is 5.90. The Balaban J connectivity index is 2.42. The van der Waals surface area contributed by atoms with Crippen molar-refractivity contribution < 1.29 is 9.18 Å². The second kappa shape index (κ2) is 7.01. The number of carbonyl (C=O) groups excluding carboxylic acids is 1. The molecule has 0 saturated carbocycles. The van der Waals surface area contributed by atoms with Crippen molar-refractivity contribution in [3.8, 4) is 0 Å². The number of amides is 1. The summed E-state index contributed by atoms with van der Waals surface area (Å²) in [5, 5.41) is 2.57. The van der Waals surface area contributed by atoms with Crippen molar-refractivity contribution in [3.05, 3.63) is 30.1 Å². The molecule has 94 valence electrons. The van der Waals surface area contributed by atoms with Crippen molar-refractivity contribution in [2.45, 2.75) is 20.3 Å². The zero-order chi connectivity index (χ0) is 12.7. The molecule has 0 aromatic heterocycles. The van der Waals surface area contributed by atoms with Gasteiger partial charge in [-0.05, 0) is 25.2 Å². The highest BCUT2D eigenvalue weighted by Gasteiger charge is 2.07. The van der Waals surface area contributed by atoms with Gasteiger partial charge in [0.1, 0.15) is 5.82 Å². The van der Waals surface area contributed by atoms with Gasteiger partial charge in [-0.2, -0.15) is 0 Å². The molecule has 0 heterocycles. The number of nitrogens with zero attached hydrogens (tertiary/aromatic N) is 1. The Morgan fingerprint density at radius 1 is 1.29 bits per heavy atom. The van der Waals surface area contributed by atoms with Crippen LogP contribution >= 0.6 is 0 Å². The van der Waals surface area contributed by atoms with E-state index in [0.29, 0.717) is 13.0 Å². The van der Waals surface area contributed by atoms with Crippen LogP contribution in [-0.4, -0.2) is 30.4 Å². The zero-order valence-corrected chi connectivity index (χ0v) is 10.4. The minimum atomic E-state index is -0.399. The topological polar surface area (TPSA) is 32.3 Å². The van der Waals surface area contributed by atoms with Crippen LogP contribution in [0.15, 0.2) is 24.3 Å². The molecule has 0 atom stereocenters. The quantitative estimate of drug-likeness (QED) is 0.825. The van der Waals surface area contributed by atoms with Gasteiger partial charge in [-0.1, -0.05) is 26.0 Å². The minimum Gasteiger partial charge on any atom is -0.324 e. The Morgan fingerprint density at radius 3 is 2.53 bits per heavy atom. The number of anilines is 1. The fraction of sp³-hybridized carbons (Fsp3) is 0.462. The summed E-state index contributed by atoms with van der Waals surface area (Å²) in [6.07, 6.45) is 0.385. The van der Waals surface area contributed by atoms with E-state index in [-0.39, 0.29) is 11.6 Å². The molecule has 1 aromatic rings. The van der Waals surface area contributed by atoms with Gasteiger partial charge < -0.3 is 10.2 Å². The van der Waals surface area contributed by atoms with Crippen LogP contribution in [0.1, 0.15) is 20.3 Å². The third-order valence-electron chi connectivity index (χ3n) is 2.70. The third kappa shape index (κ3) is 4.53. The highest BCUT2D eigenvalue weighted by Crippen LogP contribution is 2.12. The number of carbonyl (C=O) groups is 1. The van der Waals surface area contributed by atoms with Crippen LogP contribution in [0.5, 0.6) is 0 Å². The van der Waals surface area contributed by atoms with Crippen LogP contribution in [0.4, 0.5) is 10.1 Å². The standard InChI is InChI=1S/C13H19FN2O/c1-3-16(4-2)10-9-13(17)15-12-8-6-5-7-11(12)14/h5-8H,3-4,9-10H2,1-2H3,(H,15,17). The Morgan fingerprint density at radius 2 is 1.94 bits per heavy atom.